The van der Waals surface area contributed by atoms with Crippen LogP contribution in [0, 0.1) is 0 Å². The zero-order valence-corrected chi connectivity index (χ0v) is 17.0. The first-order valence-electron chi connectivity index (χ1n) is 8.87. The SMILES string of the molecule is CCCCOC(=O)c1ccc(NC(=O)c2ccc(S(=O)(=O)N(C)C)cc2)cc1. The van der Waals surface area contributed by atoms with Crippen LogP contribution in [0.3, 0.4) is 0 Å². The van der Waals surface area contributed by atoms with E-state index in [1.807, 2.05) is 6.92 Å². The molecule has 2 aromatic rings. The monoisotopic (exact) mass is 404 g/mol. The molecule has 1 amide bonds. The predicted molar refractivity (Wildman–Crippen MR) is 107 cm³/mol. The number of benzene rings is 2. The summed E-state index contributed by atoms with van der Waals surface area (Å²) >= 11 is 0. The maximum atomic E-state index is 12.3. The summed E-state index contributed by atoms with van der Waals surface area (Å²) in [4.78, 5) is 24.3. The van der Waals surface area contributed by atoms with Crippen LogP contribution in [0.1, 0.15) is 40.5 Å². The zero-order chi connectivity index (χ0) is 20.7. The molecule has 28 heavy (non-hydrogen) atoms. The van der Waals surface area contributed by atoms with Gasteiger partial charge in [-0.3, -0.25) is 4.79 Å². The van der Waals surface area contributed by atoms with Crippen molar-refractivity contribution in [2.45, 2.75) is 24.7 Å². The van der Waals surface area contributed by atoms with E-state index in [1.54, 1.807) is 24.3 Å². The Hall–Kier alpha value is -2.71. The second-order valence-corrected chi connectivity index (χ2v) is 8.48. The van der Waals surface area contributed by atoms with Crippen LogP contribution in [0.15, 0.2) is 53.4 Å². The summed E-state index contributed by atoms with van der Waals surface area (Å²) in [5.74, 6) is -0.781. The molecule has 0 aromatic heterocycles. The minimum Gasteiger partial charge on any atom is -0.462 e. The van der Waals surface area contributed by atoms with Gasteiger partial charge in [0.25, 0.3) is 5.91 Å². The molecule has 0 saturated carbocycles. The molecule has 0 radical (unpaired) electrons. The highest BCUT2D eigenvalue weighted by Crippen LogP contribution is 2.16. The minimum atomic E-state index is -3.54. The minimum absolute atomic E-state index is 0.111. The molecule has 7 nitrogen and oxygen atoms in total. The fourth-order valence-electron chi connectivity index (χ4n) is 2.27. The largest absolute Gasteiger partial charge is 0.462 e. The maximum absolute atomic E-state index is 12.3. The van der Waals surface area contributed by atoms with Gasteiger partial charge in [0.15, 0.2) is 0 Å². The lowest BCUT2D eigenvalue weighted by Gasteiger charge is -2.11. The van der Waals surface area contributed by atoms with Crippen LogP contribution in [0.2, 0.25) is 0 Å². The van der Waals surface area contributed by atoms with E-state index < -0.39 is 16.0 Å². The Morgan fingerprint density at radius 2 is 1.54 bits per heavy atom. The van der Waals surface area contributed by atoms with Gasteiger partial charge in [-0.25, -0.2) is 17.5 Å². The average molecular weight is 404 g/mol. The molecule has 0 atom stereocenters. The molecule has 0 spiro atoms. The van der Waals surface area contributed by atoms with E-state index in [4.69, 9.17) is 4.74 Å². The zero-order valence-electron chi connectivity index (χ0n) is 16.1. The van der Waals surface area contributed by atoms with Gasteiger partial charge in [0, 0.05) is 25.3 Å². The molecule has 150 valence electrons. The van der Waals surface area contributed by atoms with Crippen LogP contribution in [0.5, 0.6) is 0 Å². The number of sulfonamides is 1. The van der Waals surface area contributed by atoms with Crippen molar-refractivity contribution in [3.8, 4) is 0 Å². The van der Waals surface area contributed by atoms with Crippen molar-refractivity contribution in [2.24, 2.45) is 0 Å². The number of amides is 1. The third kappa shape index (κ3) is 5.40. The number of unbranched alkanes of at least 4 members (excludes halogenated alkanes) is 1. The highest BCUT2D eigenvalue weighted by molar-refractivity contribution is 7.89. The van der Waals surface area contributed by atoms with Crippen LogP contribution in [-0.4, -0.2) is 45.3 Å². The number of anilines is 1. The molecule has 0 bridgehead atoms. The van der Waals surface area contributed by atoms with Crippen molar-refractivity contribution in [3.63, 3.8) is 0 Å². The summed E-state index contributed by atoms with van der Waals surface area (Å²) in [7, 11) is -0.655. The Bertz CT molecular complexity index is 920. The number of hydrogen-bond donors (Lipinski definition) is 1. The average Bonchev–Trinajstić information content (AvgIpc) is 2.68. The number of hydrogen-bond acceptors (Lipinski definition) is 5. The number of nitrogens with one attached hydrogen (secondary N) is 1. The van der Waals surface area contributed by atoms with Gasteiger partial charge in [0.2, 0.25) is 10.0 Å². The normalized spacial score (nSPS) is 11.3. The Balaban J connectivity index is 2.02. The first-order chi connectivity index (χ1) is 13.3. The molecule has 1 N–H and O–H groups in total. The van der Waals surface area contributed by atoms with Crippen molar-refractivity contribution >= 4 is 27.6 Å². The van der Waals surface area contributed by atoms with Crippen molar-refractivity contribution in [1.29, 1.82) is 0 Å². The lowest BCUT2D eigenvalue weighted by Crippen LogP contribution is -2.22. The van der Waals surface area contributed by atoms with Crippen LogP contribution in [0.25, 0.3) is 0 Å². The summed E-state index contributed by atoms with van der Waals surface area (Å²) in [5.41, 5.74) is 1.24. The topological polar surface area (TPSA) is 92.8 Å². The first kappa shape index (κ1) is 21.6. The van der Waals surface area contributed by atoms with Gasteiger partial charge in [-0.2, -0.15) is 0 Å². The van der Waals surface area contributed by atoms with E-state index in [1.165, 1.54) is 38.4 Å². The van der Waals surface area contributed by atoms with Gasteiger partial charge in [0.1, 0.15) is 0 Å². The molecule has 8 heteroatoms. The van der Waals surface area contributed by atoms with Gasteiger partial charge in [-0.1, -0.05) is 13.3 Å². The second-order valence-electron chi connectivity index (χ2n) is 6.33. The molecule has 0 unspecified atom stereocenters. The van der Waals surface area contributed by atoms with Crippen LogP contribution in [0.4, 0.5) is 5.69 Å². The van der Waals surface area contributed by atoms with Gasteiger partial charge >= 0.3 is 5.97 Å². The Morgan fingerprint density at radius 1 is 0.964 bits per heavy atom. The quantitative estimate of drug-likeness (QED) is 0.539. The number of carbonyl (C=O) groups is 2. The first-order valence-corrected chi connectivity index (χ1v) is 10.3. The van der Waals surface area contributed by atoms with Crippen molar-refractivity contribution in [1.82, 2.24) is 4.31 Å². The predicted octanol–water partition coefficient (Wildman–Crippen LogP) is 3.15. The summed E-state index contributed by atoms with van der Waals surface area (Å²) in [6, 6.07) is 12.1. The molecule has 0 fully saturated rings. The highest BCUT2D eigenvalue weighted by atomic mass is 32.2. The lowest BCUT2D eigenvalue weighted by atomic mass is 10.2. The maximum Gasteiger partial charge on any atom is 0.338 e. The molecular weight excluding hydrogens is 380 g/mol. The van der Waals surface area contributed by atoms with E-state index >= 15 is 0 Å². The van der Waals surface area contributed by atoms with Crippen molar-refractivity contribution < 1.29 is 22.7 Å². The fraction of sp³-hybridized carbons (Fsp3) is 0.300. The summed E-state index contributed by atoms with van der Waals surface area (Å²) < 4.78 is 30.4. The van der Waals surface area contributed by atoms with Crippen LogP contribution < -0.4 is 5.32 Å². The molecule has 0 saturated heterocycles. The van der Waals surface area contributed by atoms with Gasteiger partial charge in [0.05, 0.1) is 17.1 Å². The van der Waals surface area contributed by atoms with Gasteiger partial charge in [-0.05, 0) is 55.0 Å². The number of esters is 1. The summed E-state index contributed by atoms with van der Waals surface area (Å²) in [6.45, 7) is 2.40. The van der Waals surface area contributed by atoms with Gasteiger partial charge < -0.3 is 10.1 Å². The van der Waals surface area contributed by atoms with E-state index in [-0.39, 0.29) is 10.8 Å². The molecule has 0 aliphatic rings. The van der Waals surface area contributed by atoms with Crippen molar-refractivity contribution in [2.75, 3.05) is 26.0 Å². The Kier molecular flexibility index (Phi) is 7.31. The standard InChI is InChI=1S/C20H24N2O5S/c1-4-5-14-27-20(24)16-6-10-17(11-7-16)21-19(23)15-8-12-18(13-9-15)28(25,26)22(2)3/h6-13H,4-5,14H2,1-3H3,(H,21,23). The van der Waals surface area contributed by atoms with Crippen LogP contribution >= 0.6 is 0 Å². The number of rotatable bonds is 8. The molecule has 0 aliphatic carbocycles. The Morgan fingerprint density at radius 3 is 2.07 bits per heavy atom. The number of carbonyl (C=O) groups excluding carboxylic acids is 2. The van der Waals surface area contributed by atoms with E-state index in [0.29, 0.717) is 23.4 Å². The van der Waals surface area contributed by atoms with E-state index in [0.717, 1.165) is 17.1 Å². The highest BCUT2D eigenvalue weighted by Gasteiger charge is 2.17. The van der Waals surface area contributed by atoms with Gasteiger partial charge in [-0.15, -0.1) is 0 Å². The Labute approximate surface area is 165 Å². The lowest BCUT2D eigenvalue weighted by molar-refractivity contribution is 0.0499. The smallest absolute Gasteiger partial charge is 0.338 e. The summed E-state index contributed by atoms with van der Waals surface area (Å²) in [6.07, 6.45) is 1.76. The molecule has 0 heterocycles. The van der Waals surface area contributed by atoms with Crippen LogP contribution in [-0.2, 0) is 14.8 Å². The third-order valence-electron chi connectivity index (χ3n) is 4.00. The number of nitrogens with zero attached hydrogens (tertiary/aromatic N) is 1. The second kappa shape index (κ2) is 9.48. The molecule has 2 aromatic carbocycles. The number of ether oxygens (including phenoxy) is 1. The van der Waals surface area contributed by atoms with E-state index in [2.05, 4.69) is 5.32 Å². The molecular formula is C20H24N2O5S. The molecule has 2 rings (SSSR count). The fourth-order valence-corrected chi connectivity index (χ4v) is 3.18. The molecule has 0 aliphatic heterocycles. The van der Waals surface area contributed by atoms with Crippen molar-refractivity contribution in [3.05, 3.63) is 59.7 Å². The summed E-state index contributed by atoms with van der Waals surface area (Å²) in [5, 5.41) is 2.71. The van der Waals surface area contributed by atoms with E-state index in [9.17, 15) is 18.0 Å². The third-order valence-corrected chi connectivity index (χ3v) is 5.83.